The van der Waals surface area contributed by atoms with Gasteiger partial charge in [-0.25, -0.2) is 13.8 Å². The summed E-state index contributed by atoms with van der Waals surface area (Å²) in [5.41, 5.74) is 3.84. The molecule has 1 saturated carbocycles. The highest BCUT2D eigenvalue weighted by Gasteiger charge is 2.58. The summed E-state index contributed by atoms with van der Waals surface area (Å²) in [6.45, 7) is 6.34. The lowest BCUT2D eigenvalue weighted by Crippen LogP contribution is -2.58. The molecular weight excluding hydrogens is 526 g/mol. The van der Waals surface area contributed by atoms with E-state index in [1.165, 1.54) is 0 Å². The summed E-state index contributed by atoms with van der Waals surface area (Å²) in [6, 6.07) is 6.07. The monoisotopic (exact) mass is 560 g/mol. The summed E-state index contributed by atoms with van der Waals surface area (Å²) < 4.78 is 36.2. The highest BCUT2D eigenvalue weighted by atomic mass is 19.3. The lowest BCUT2D eigenvalue weighted by Gasteiger charge is -2.53. The highest BCUT2D eigenvalue weighted by molar-refractivity contribution is 5.93. The van der Waals surface area contributed by atoms with E-state index in [1.54, 1.807) is 10.8 Å². The topological polar surface area (TPSA) is 67.9 Å². The van der Waals surface area contributed by atoms with Gasteiger partial charge in [0, 0.05) is 87.8 Å². The summed E-state index contributed by atoms with van der Waals surface area (Å²) in [6.07, 6.45) is 12.5. The predicted octanol–water partition coefficient (Wildman–Crippen LogP) is 4.33. The number of hydrogen-bond donors (Lipinski definition) is 0. The first-order valence-electron chi connectivity index (χ1n) is 14.6. The van der Waals surface area contributed by atoms with Crippen molar-refractivity contribution in [3.63, 3.8) is 0 Å². The molecule has 0 bridgehead atoms. The fourth-order valence-corrected chi connectivity index (χ4v) is 7.81. The minimum atomic E-state index is -2.48. The van der Waals surface area contributed by atoms with E-state index in [-0.39, 0.29) is 23.8 Å². The Bertz CT molecular complexity index is 1690. The zero-order chi connectivity index (χ0) is 27.8. The number of halogens is 2. The second kappa shape index (κ2) is 9.06. The molecule has 0 atom stereocenters. The second-order valence-corrected chi connectivity index (χ2v) is 13.0. The Morgan fingerprint density at radius 1 is 0.902 bits per heavy atom. The van der Waals surface area contributed by atoms with Crippen LogP contribution < -0.4 is 10.5 Å². The van der Waals surface area contributed by atoms with Crippen molar-refractivity contribution in [1.29, 1.82) is 0 Å². The molecule has 10 heteroatoms. The van der Waals surface area contributed by atoms with Crippen LogP contribution in [0, 0.1) is 10.8 Å². The molecule has 8 rings (SSSR count). The van der Waals surface area contributed by atoms with Gasteiger partial charge in [0.15, 0.2) is 0 Å². The molecule has 4 aromatic heterocycles. The third-order valence-corrected chi connectivity index (χ3v) is 9.91. The summed E-state index contributed by atoms with van der Waals surface area (Å²) in [5.74, 6) is -2.48. The number of fused-ring (bicyclic) bond motifs is 2. The number of rotatable bonds is 5. The third kappa shape index (κ3) is 4.43. The number of hydrogen-bond acceptors (Lipinski definition) is 6. The number of aromatic nitrogens is 4. The van der Waals surface area contributed by atoms with E-state index < -0.39 is 5.92 Å². The van der Waals surface area contributed by atoms with Crippen LogP contribution in [-0.2, 0) is 17.8 Å². The number of anilines is 1. The van der Waals surface area contributed by atoms with Gasteiger partial charge in [-0.05, 0) is 48.9 Å². The van der Waals surface area contributed by atoms with Crippen molar-refractivity contribution in [3.8, 4) is 0 Å². The van der Waals surface area contributed by atoms with E-state index in [1.807, 2.05) is 35.1 Å². The van der Waals surface area contributed by atoms with Gasteiger partial charge >= 0.3 is 0 Å². The average molecular weight is 561 g/mol. The van der Waals surface area contributed by atoms with Crippen molar-refractivity contribution in [3.05, 3.63) is 70.8 Å². The van der Waals surface area contributed by atoms with Gasteiger partial charge < -0.3 is 18.6 Å². The van der Waals surface area contributed by atoms with Gasteiger partial charge in [-0.1, -0.05) is 6.07 Å². The third-order valence-electron chi connectivity index (χ3n) is 9.91. The largest absolute Gasteiger partial charge is 0.381 e. The summed E-state index contributed by atoms with van der Waals surface area (Å²) in [5, 5.41) is 1.56. The maximum absolute atomic E-state index is 13.5. The molecular formula is C31H34F2N6O2. The van der Waals surface area contributed by atoms with Crippen LogP contribution in [0.3, 0.4) is 0 Å². The molecule has 7 heterocycles. The van der Waals surface area contributed by atoms with Gasteiger partial charge in [-0.15, -0.1) is 0 Å². The molecule has 4 aliphatic rings. The molecule has 4 fully saturated rings. The van der Waals surface area contributed by atoms with E-state index in [4.69, 9.17) is 9.72 Å². The molecule has 0 N–H and O–H groups in total. The summed E-state index contributed by atoms with van der Waals surface area (Å²) in [7, 11) is 0. The lowest BCUT2D eigenvalue weighted by atomic mass is 9.65. The Balaban J connectivity index is 0.982. The Labute approximate surface area is 236 Å². The smallest absolute Gasteiger partial charge is 0.260 e. The molecule has 0 amide bonds. The van der Waals surface area contributed by atoms with E-state index in [0.717, 1.165) is 93.2 Å². The van der Waals surface area contributed by atoms with Crippen molar-refractivity contribution < 1.29 is 13.5 Å². The average Bonchev–Trinajstić information content (AvgIpc) is 3.51. The SMILES string of the molecule is O=c1c2cncc(N3CC4(CCOCC4)C3)c2ccn1Cc1cn2cc(CN3CCC4(C3)CC(F)(F)C4)ccc2n1. The maximum atomic E-state index is 13.5. The van der Waals surface area contributed by atoms with Crippen molar-refractivity contribution in [2.24, 2.45) is 10.8 Å². The molecule has 214 valence electrons. The first-order chi connectivity index (χ1) is 19.8. The predicted molar refractivity (Wildman–Crippen MR) is 152 cm³/mol. The standard InChI is InChI=1S/C31H34F2N6O2/c32-31(33)17-30(18-31)4-8-36(19-30)13-22-1-2-27-35-23(16-38(27)14-22)15-37-7-3-24-25(28(37)40)11-34-12-26(24)39-20-29(21-39)5-9-41-10-6-29/h1-3,7,11-12,14,16H,4-6,8-10,13,15,17-21H2. The van der Waals surface area contributed by atoms with Crippen LogP contribution >= 0.6 is 0 Å². The van der Waals surface area contributed by atoms with Gasteiger partial charge in [-0.3, -0.25) is 14.7 Å². The highest BCUT2D eigenvalue weighted by Crippen LogP contribution is 2.56. The molecule has 0 aromatic carbocycles. The first kappa shape index (κ1) is 25.3. The van der Waals surface area contributed by atoms with Crippen molar-refractivity contribution in [2.75, 3.05) is 44.3 Å². The molecule has 4 aromatic rings. The summed E-state index contributed by atoms with van der Waals surface area (Å²) >= 11 is 0. The fourth-order valence-electron chi connectivity index (χ4n) is 7.81. The lowest BCUT2D eigenvalue weighted by molar-refractivity contribution is -0.155. The second-order valence-electron chi connectivity index (χ2n) is 13.0. The normalized spacial score (nSPS) is 22.9. The zero-order valence-electron chi connectivity index (χ0n) is 23.1. The van der Waals surface area contributed by atoms with Crippen LogP contribution in [0.4, 0.5) is 14.5 Å². The van der Waals surface area contributed by atoms with Gasteiger partial charge in [0.05, 0.1) is 29.5 Å². The molecule has 2 spiro atoms. The zero-order valence-corrected chi connectivity index (χ0v) is 23.1. The van der Waals surface area contributed by atoms with Crippen molar-refractivity contribution >= 4 is 22.1 Å². The van der Waals surface area contributed by atoms with Crippen molar-refractivity contribution in [2.45, 2.75) is 51.1 Å². The van der Waals surface area contributed by atoms with Gasteiger partial charge in [-0.2, -0.15) is 0 Å². The number of ether oxygens (including phenoxy) is 1. The molecule has 3 aliphatic heterocycles. The molecule has 1 aliphatic carbocycles. The Morgan fingerprint density at radius 2 is 1.73 bits per heavy atom. The minimum Gasteiger partial charge on any atom is -0.381 e. The van der Waals surface area contributed by atoms with Crippen molar-refractivity contribution in [1.82, 2.24) is 23.8 Å². The Hall–Kier alpha value is -3.37. The van der Waals surface area contributed by atoms with E-state index in [0.29, 0.717) is 17.3 Å². The van der Waals surface area contributed by atoms with Crippen LogP contribution in [0.2, 0.25) is 0 Å². The quantitative estimate of drug-likeness (QED) is 0.362. The van der Waals surface area contributed by atoms with Gasteiger partial charge in [0.1, 0.15) is 5.65 Å². The number of likely N-dealkylation sites (tertiary alicyclic amines) is 1. The maximum Gasteiger partial charge on any atom is 0.260 e. The van der Waals surface area contributed by atoms with E-state index in [9.17, 15) is 13.6 Å². The minimum absolute atomic E-state index is 0.0285. The number of pyridine rings is 3. The van der Waals surface area contributed by atoms with E-state index in [2.05, 4.69) is 27.0 Å². The number of imidazole rings is 1. The summed E-state index contributed by atoms with van der Waals surface area (Å²) in [4.78, 5) is 27.3. The number of alkyl halides is 2. The van der Waals surface area contributed by atoms with Crippen LogP contribution in [0.5, 0.6) is 0 Å². The molecule has 3 saturated heterocycles. The molecule has 8 nitrogen and oxygen atoms in total. The number of nitrogens with zero attached hydrogens (tertiary/aromatic N) is 6. The fraction of sp³-hybridized carbons (Fsp3) is 0.516. The van der Waals surface area contributed by atoms with Crippen LogP contribution in [0.1, 0.15) is 43.4 Å². The van der Waals surface area contributed by atoms with Crippen LogP contribution in [0.15, 0.2) is 54.0 Å². The Morgan fingerprint density at radius 3 is 2.54 bits per heavy atom. The van der Waals surface area contributed by atoms with Gasteiger partial charge in [0.25, 0.3) is 5.56 Å². The first-order valence-corrected chi connectivity index (χ1v) is 14.6. The van der Waals surface area contributed by atoms with Gasteiger partial charge in [0.2, 0.25) is 5.92 Å². The van der Waals surface area contributed by atoms with E-state index >= 15 is 0 Å². The molecule has 0 radical (unpaired) electrons. The Kier molecular flexibility index (Phi) is 5.60. The molecule has 41 heavy (non-hydrogen) atoms. The van der Waals surface area contributed by atoms with Crippen LogP contribution in [-0.4, -0.2) is 69.2 Å². The molecule has 0 unspecified atom stereocenters. The van der Waals surface area contributed by atoms with Crippen LogP contribution in [0.25, 0.3) is 16.4 Å².